The Morgan fingerprint density at radius 2 is 0.783 bits per heavy atom. The van der Waals surface area contributed by atoms with Gasteiger partial charge in [-0.3, -0.25) is 0 Å². The molecular weight excluding hydrogens is 743 g/mol. The molecule has 60 heavy (non-hydrogen) atoms. The summed E-state index contributed by atoms with van der Waals surface area (Å²) >= 11 is 1.87. The number of hydrogen-bond donors (Lipinski definition) is 0. The SMILES string of the molecule is c1ccc(-c2ccc3sc4c(N(c5ccc(-c6ccc7ccccc7c6)cc5)c5ccc(-c6ccccc6)c(-c6ccccc6)c5)cc(-c5ccccc5)cc4c3c2)cc1. The van der Waals surface area contributed by atoms with E-state index in [1.165, 1.54) is 86.6 Å². The quantitative estimate of drug-likeness (QED) is 0.148. The predicted molar refractivity (Wildman–Crippen MR) is 259 cm³/mol. The smallest absolute Gasteiger partial charge is 0.0646 e. The lowest BCUT2D eigenvalue weighted by molar-refractivity contribution is 1.30. The number of thiophene rings is 1. The fourth-order valence-electron chi connectivity index (χ4n) is 8.63. The van der Waals surface area contributed by atoms with Gasteiger partial charge in [0.15, 0.2) is 0 Å². The summed E-state index contributed by atoms with van der Waals surface area (Å²) in [6.07, 6.45) is 0. The molecule has 0 atom stereocenters. The minimum absolute atomic E-state index is 1.10. The standard InChI is InChI=1S/C58H39NS/c1-5-15-40(16-6-1)48-29-34-57-54(36-48)55-37-49(41-17-7-2-8-18-41)38-56(58(55)60-57)59(50-30-27-43(28-31-50)47-26-25-42-19-13-14-24-46(42)35-47)51-32-33-52(44-20-9-3-10-21-44)53(39-51)45-22-11-4-12-23-45/h1-39H. The van der Waals surface area contributed by atoms with Crippen LogP contribution in [0.4, 0.5) is 17.1 Å². The Hall–Kier alpha value is -7.52. The van der Waals surface area contributed by atoms with Crippen LogP contribution in [0.15, 0.2) is 237 Å². The average molecular weight is 782 g/mol. The zero-order valence-electron chi connectivity index (χ0n) is 32.9. The van der Waals surface area contributed by atoms with Gasteiger partial charge in [-0.15, -0.1) is 11.3 Å². The van der Waals surface area contributed by atoms with Gasteiger partial charge >= 0.3 is 0 Å². The Bertz CT molecular complexity index is 3280. The summed E-state index contributed by atoms with van der Waals surface area (Å²) in [5.74, 6) is 0. The van der Waals surface area contributed by atoms with Gasteiger partial charge in [0.25, 0.3) is 0 Å². The Balaban J connectivity index is 1.16. The van der Waals surface area contributed by atoms with E-state index in [4.69, 9.17) is 0 Å². The van der Waals surface area contributed by atoms with Crippen LogP contribution in [-0.4, -0.2) is 0 Å². The third-order valence-electron chi connectivity index (χ3n) is 11.6. The summed E-state index contributed by atoms with van der Waals surface area (Å²) in [5, 5.41) is 5.02. The molecule has 2 heteroatoms. The lowest BCUT2D eigenvalue weighted by atomic mass is 9.93. The third kappa shape index (κ3) is 6.63. The molecule has 0 N–H and O–H groups in total. The number of hydrogen-bond acceptors (Lipinski definition) is 2. The molecule has 1 aromatic heterocycles. The monoisotopic (exact) mass is 781 g/mol. The van der Waals surface area contributed by atoms with E-state index in [1.54, 1.807) is 0 Å². The topological polar surface area (TPSA) is 3.24 Å². The summed E-state index contributed by atoms with van der Waals surface area (Å²) in [6.45, 7) is 0. The van der Waals surface area contributed by atoms with Crippen molar-refractivity contribution in [2.24, 2.45) is 0 Å². The summed E-state index contributed by atoms with van der Waals surface area (Å²) < 4.78 is 2.52. The molecule has 11 rings (SSSR count). The largest absolute Gasteiger partial charge is 0.309 e. The van der Waals surface area contributed by atoms with E-state index in [0.29, 0.717) is 0 Å². The van der Waals surface area contributed by atoms with Crippen LogP contribution in [0.2, 0.25) is 0 Å². The van der Waals surface area contributed by atoms with Gasteiger partial charge in [-0.25, -0.2) is 0 Å². The third-order valence-corrected chi connectivity index (χ3v) is 12.9. The van der Waals surface area contributed by atoms with E-state index in [2.05, 4.69) is 241 Å². The van der Waals surface area contributed by atoms with Crippen LogP contribution in [-0.2, 0) is 0 Å². The van der Waals surface area contributed by atoms with Gasteiger partial charge in [-0.2, -0.15) is 0 Å². The lowest BCUT2D eigenvalue weighted by Gasteiger charge is -2.28. The van der Waals surface area contributed by atoms with Gasteiger partial charge in [0.1, 0.15) is 0 Å². The van der Waals surface area contributed by atoms with Crippen LogP contribution in [0, 0.1) is 0 Å². The van der Waals surface area contributed by atoms with E-state index >= 15 is 0 Å². The first-order chi connectivity index (χ1) is 29.7. The van der Waals surface area contributed by atoms with Crippen molar-refractivity contribution in [1.29, 1.82) is 0 Å². The molecule has 0 radical (unpaired) electrons. The van der Waals surface area contributed by atoms with E-state index in [1.807, 2.05) is 11.3 Å². The van der Waals surface area contributed by atoms with E-state index in [-0.39, 0.29) is 0 Å². The highest BCUT2D eigenvalue weighted by Gasteiger charge is 2.22. The molecule has 0 saturated carbocycles. The number of nitrogens with zero attached hydrogens (tertiary/aromatic N) is 1. The van der Waals surface area contributed by atoms with Crippen molar-refractivity contribution < 1.29 is 0 Å². The van der Waals surface area contributed by atoms with Crippen molar-refractivity contribution in [3.05, 3.63) is 237 Å². The number of benzene rings is 10. The van der Waals surface area contributed by atoms with Crippen LogP contribution in [0.3, 0.4) is 0 Å². The highest BCUT2D eigenvalue weighted by atomic mass is 32.1. The summed E-state index contributed by atoms with van der Waals surface area (Å²) in [7, 11) is 0. The van der Waals surface area contributed by atoms with Crippen molar-refractivity contribution in [3.8, 4) is 55.6 Å². The molecule has 1 heterocycles. The first-order valence-corrected chi connectivity index (χ1v) is 21.3. The normalized spacial score (nSPS) is 11.3. The van der Waals surface area contributed by atoms with Gasteiger partial charge in [0.05, 0.1) is 10.4 Å². The molecule has 0 spiro atoms. The molecule has 0 amide bonds. The lowest BCUT2D eigenvalue weighted by Crippen LogP contribution is -2.11. The maximum Gasteiger partial charge on any atom is 0.0646 e. The Morgan fingerprint density at radius 1 is 0.283 bits per heavy atom. The zero-order chi connectivity index (χ0) is 39.8. The number of rotatable bonds is 8. The molecule has 282 valence electrons. The summed E-state index contributed by atoms with van der Waals surface area (Å²) in [6, 6.07) is 86.3. The molecule has 0 aliphatic carbocycles. The Kier molecular flexibility index (Phi) is 9.11. The van der Waals surface area contributed by atoms with Crippen LogP contribution in [0.5, 0.6) is 0 Å². The molecular formula is C58H39NS. The minimum atomic E-state index is 1.10. The first-order valence-electron chi connectivity index (χ1n) is 20.5. The van der Waals surface area contributed by atoms with Crippen molar-refractivity contribution in [2.75, 3.05) is 4.90 Å². The second-order valence-corrected chi connectivity index (χ2v) is 16.4. The fourth-order valence-corrected chi connectivity index (χ4v) is 9.80. The van der Waals surface area contributed by atoms with Crippen molar-refractivity contribution >= 4 is 59.3 Å². The maximum atomic E-state index is 2.48. The minimum Gasteiger partial charge on any atom is -0.309 e. The maximum absolute atomic E-state index is 2.48. The molecule has 0 bridgehead atoms. The van der Waals surface area contributed by atoms with Gasteiger partial charge in [0.2, 0.25) is 0 Å². The Labute approximate surface area is 354 Å². The van der Waals surface area contributed by atoms with Crippen LogP contribution >= 0.6 is 11.3 Å². The first kappa shape index (κ1) is 35.6. The zero-order valence-corrected chi connectivity index (χ0v) is 33.7. The van der Waals surface area contributed by atoms with Crippen LogP contribution < -0.4 is 4.90 Å². The molecule has 1 nitrogen and oxygen atoms in total. The number of anilines is 3. The molecule has 0 fully saturated rings. The van der Waals surface area contributed by atoms with Crippen LogP contribution in [0.1, 0.15) is 0 Å². The second-order valence-electron chi connectivity index (χ2n) is 15.3. The van der Waals surface area contributed by atoms with Crippen molar-refractivity contribution in [2.45, 2.75) is 0 Å². The molecule has 0 saturated heterocycles. The molecule has 0 aliphatic heterocycles. The van der Waals surface area contributed by atoms with Crippen LogP contribution in [0.25, 0.3) is 86.6 Å². The molecule has 11 aromatic rings. The molecule has 10 aromatic carbocycles. The number of fused-ring (bicyclic) bond motifs is 4. The Morgan fingerprint density at radius 3 is 1.47 bits per heavy atom. The van der Waals surface area contributed by atoms with E-state index < -0.39 is 0 Å². The van der Waals surface area contributed by atoms with E-state index in [0.717, 1.165) is 17.1 Å². The van der Waals surface area contributed by atoms with Crippen molar-refractivity contribution in [1.82, 2.24) is 0 Å². The fraction of sp³-hybridized carbons (Fsp3) is 0. The average Bonchev–Trinajstić information content (AvgIpc) is 3.71. The summed E-state index contributed by atoms with van der Waals surface area (Å²) in [5.41, 5.74) is 15.3. The molecule has 0 unspecified atom stereocenters. The van der Waals surface area contributed by atoms with E-state index in [9.17, 15) is 0 Å². The highest BCUT2D eigenvalue weighted by Crippen LogP contribution is 2.49. The highest BCUT2D eigenvalue weighted by molar-refractivity contribution is 7.26. The van der Waals surface area contributed by atoms with Crippen molar-refractivity contribution in [3.63, 3.8) is 0 Å². The summed E-state index contributed by atoms with van der Waals surface area (Å²) in [4.78, 5) is 2.48. The van der Waals surface area contributed by atoms with Gasteiger partial charge in [-0.1, -0.05) is 182 Å². The predicted octanol–water partition coefficient (Wildman–Crippen LogP) is 17.0. The second kappa shape index (κ2) is 15.3. The van der Waals surface area contributed by atoms with Gasteiger partial charge in [-0.05, 0) is 121 Å². The van der Waals surface area contributed by atoms with Gasteiger partial charge in [0, 0.05) is 26.8 Å². The molecule has 0 aliphatic rings. The van der Waals surface area contributed by atoms with Gasteiger partial charge < -0.3 is 4.90 Å².